The molecule has 1 spiro atoms. The number of rotatable bonds is 2. The Balaban J connectivity index is 1.89. The van der Waals surface area contributed by atoms with Crippen molar-refractivity contribution in [1.82, 2.24) is 4.90 Å². The topological polar surface area (TPSA) is 21.7 Å². The van der Waals surface area contributed by atoms with Gasteiger partial charge in [0.05, 0.1) is 5.54 Å². The summed E-state index contributed by atoms with van der Waals surface area (Å²) in [6.45, 7) is 2.45. The highest BCUT2D eigenvalue weighted by atomic mass is 127. The number of ether oxygens (including phenoxy) is 2. The van der Waals surface area contributed by atoms with Gasteiger partial charge in [0.1, 0.15) is 0 Å². The molecule has 0 saturated carbocycles. The molecule has 0 amide bonds. The average Bonchev–Trinajstić information content (AvgIpc) is 2.98. The molecule has 2 aliphatic heterocycles. The molecule has 0 bridgehead atoms. The largest absolute Gasteiger partial charge is 0.454 e. The highest BCUT2D eigenvalue weighted by Gasteiger charge is 2.46. The number of hydrogen-bond acceptors (Lipinski definition) is 3. The summed E-state index contributed by atoms with van der Waals surface area (Å²) in [5.41, 5.74) is 2.54. The SMILES string of the molecule is ClC1=CCCCC12c1cc3c(cc1CCN2CCI)OCO3. The van der Waals surface area contributed by atoms with Gasteiger partial charge in [-0.25, -0.2) is 0 Å². The highest BCUT2D eigenvalue weighted by Crippen LogP contribution is 2.51. The predicted molar refractivity (Wildman–Crippen MR) is 96.2 cm³/mol. The lowest BCUT2D eigenvalue weighted by atomic mass is 9.74. The fourth-order valence-corrected chi connectivity index (χ4v) is 5.05. The van der Waals surface area contributed by atoms with Crippen LogP contribution in [0.1, 0.15) is 30.4 Å². The monoisotopic (exact) mass is 431 g/mol. The molecule has 22 heavy (non-hydrogen) atoms. The van der Waals surface area contributed by atoms with Gasteiger partial charge in [-0.1, -0.05) is 40.3 Å². The summed E-state index contributed by atoms with van der Waals surface area (Å²) in [6, 6.07) is 4.35. The second-order valence-electron chi connectivity index (χ2n) is 6.09. The van der Waals surface area contributed by atoms with Gasteiger partial charge >= 0.3 is 0 Å². The maximum atomic E-state index is 6.81. The smallest absolute Gasteiger partial charge is 0.231 e. The number of alkyl halides is 1. The van der Waals surface area contributed by atoms with Gasteiger partial charge in [-0.3, -0.25) is 4.90 Å². The fraction of sp³-hybridized carbons (Fsp3) is 0.529. The first kappa shape index (κ1) is 15.1. The Kier molecular flexibility index (Phi) is 4.03. The van der Waals surface area contributed by atoms with Gasteiger partial charge in [-0.05, 0) is 48.9 Å². The molecule has 0 aromatic heterocycles. The lowest BCUT2D eigenvalue weighted by Gasteiger charge is -2.50. The van der Waals surface area contributed by atoms with Gasteiger partial charge in [0.25, 0.3) is 0 Å². The normalized spacial score (nSPS) is 26.9. The number of halogens is 2. The van der Waals surface area contributed by atoms with E-state index in [-0.39, 0.29) is 5.54 Å². The molecular weight excluding hydrogens is 413 g/mol. The molecule has 1 aliphatic carbocycles. The second kappa shape index (κ2) is 5.87. The summed E-state index contributed by atoms with van der Waals surface area (Å²) in [6.07, 6.45) is 6.62. The minimum atomic E-state index is -0.153. The van der Waals surface area contributed by atoms with Gasteiger partial charge in [0.2, 0.25) is 6.79 Å². The van der Waals surface area contributed by atoms with Crippen LogP contribution in [0.4, 0.5) is 0 Å². The minimum absolute atomic E-state index is 0.153. The third-order valence-electron chi connectivity index (χ3n) is 5.05. The third-order valence-corrected chi connectivity index (χ3v) is 6.00. The van der Waals surface area contributed by atoms with Crippen molar-refractivity contribution in [3.8, 4) is 11.5 Å². The number of benzene rings is 1. The molecule has 0 fully saturated rings. The van der Waals surface area contributed by atoms with Crippen molar-refractivity contribution in [2.75, 3.05) is 24.3 Å². The maximum Gasteiger partial charge on any atom is 0.231 e. The van der Waals surface area contributed by atoms with Crippen LogP contribution in [0.3, 0.4) is 0 Å². The van der Waals surface area contributed by atoms with Gasteiger partial charge in [0.15, 0.2) is 11.5 Å². The van der Waals surface area contributed by atoms with Crippen molar-refractivity contribution in [2.45, 2.75) is 31.2 Å². The quantitative estimate of drug-likeness (QED) is 0.517. The third kappa shape index (κ3) is 2.18. The molecule has 2 heterocycles. The molecule has 4 rings (SSSR count). The first-order chi connectivity index (χ1) is 10.8. The van der Waals surface area contributed by atoms with Crippen LogP contribution in [0.25, 0.3) is 0 Å². The molecule has 1 aromatic rings. The number of allylic oxidation sites excluding steroid dienone is 1. The van der Waals surface area contributed by atoms with E-state index in [1.807, 2.05) is 0 Å². The maximum absolute atomic E-state index is 6.81. The summed E-state index contributed by atoms with van der Waals surface area (Å²) in [7, 11) is 0. The predicted octanol–water partition coefficient (Wildman–Crippen LogP) is 4.21. The fourth-order valence-electron chi connectivity index (χ4n) is 4.04. The lowest BCUT2D eigenvalue weighted by Crippen LogP contribution is -2.52. The lowest BCUT2D eigenvalue weighted by molar-refractivity contribution is 0.106. The van der Waals surface area contributed by atoms with Crippen LogP contribution >= 0.6 is 34.2 Å². The van der Waals surface area contributed by atoms with Crippen LogP contribution in [0.15, 0.2) is 23.2 Å². The highest BCUT2D eigenvalue weighted by molar-refractivity contribution is 14.1. The van der Waals surface area contributed by atoms with E-state index in [1.165, 1.54) is 17.5 Å². The zero-order valence-electron chi connectivity index (χ0n) is 12.4. The molecule has 0 saturated heterocycles. The van der Waals surface area contributed by atoms with Gasteiger partial charge in [-0.15, -0.1) is 0 Å². The van der Waals surface area contributed by atoms with Crippen molar-refractivity contribution in [2.24, 2.45) is 0 Å². The number of fused-ring (bicyclic) bond motifs is 3. The Morgan fingerprint density at radius 2 is 2.09 bits per heavy atom. The Morgan fingerprint density at radius 3 is 2.86 bits per heavy atom. The van der Waals surface area contributed by atoms with E-state index < -0.39 is 0 Å². The van der Waals surface area contributed by atoms with E-state index in [9.17, 15) is 0 Å². The zero-order valence-corrected chi connectivity index (χ0v) is 15.3. The van der Waals surface area contributed by atoms with E-state index in [0.29, 0.717) is 6.79 Å². The van der Waals surface area contributed by atoms with E-state index in [2.05, 4.69) is 45.7 Å². The molecule has 1 unspecified atom stereocenters. The van der Waals surface area contributed by atoms with Crippen LogP contribution < -0.4 is 9.47 Å². The molecule has 0 N–H and O–H groups in total. The van der Waals surface area contributed by atoms with Crippen LogP contribution in [0, 0.1) is 0 Å². The summed E-state index contributed by atoms with van der Waals surface area (Å²) in [5.74, 6) is 1.75. The summed E-state index contributed by atoms with van der Waals surface area (Å²) < 4.78 is 12.3. The standard InChI is InChI=1S/C17H19ClINO2/c18-16-3-1-2-5-17(16)13-10-15-14(21-11-22-15)9-12(13)4-7-20(17)8-6-19/h3,9-10H,1-2,4-8,11H2. The Hall–Kier alpha value is -0.460. The molecule has 3 nitrogen and oxygen atoms in total. The van der Waals surface area contributed by atoms with E-state index in [4.69, 9.17) is 21.1 Å². The number of nitrogens with zero attached hydrogens (tertiary/aromatic N) is 1. The van der Waals surface area contributed by atoms with Crippen molar-refractivity contribution >= 4 is 34.2 Å². The Labute approximate surface area is 149 Å². The number of hydrogen-bond donors (Lipinski definition) is 0. The zero-order chi connectivity index (χ0) is 15.2. The van der Waals surface area contributed by atoms with E-state index >= 15 is 0 Å². The average molecular weight is 432 g/mol. The molecule has 0 radical (unpaired) electrons. The Bertz CT molecular complexity index is 633. The van der Waals surface area contributed by atoms with Crippen LogP contribution in [-0.4, -0.2) is 29.2 Å². The molecule has 3 aliphatic rings. The van der Waals surface area contributed by atoms with Gasteiger partial charge in [0, 0.05) is 22.5 Å². The van der Waals surface area contributed by atoms with Crippen molar-refractivity contribution in [1.29, 1.82) is 0 Å². The second-order valence-corrected chi connectivity index (χ2v) is 7.58. The molecule has 1 atom stereocenters. The summed E-state index contributed by atoms with van der Waals surface area (Å²) in [4.78, 5) is 2.57. The van der Waals surface area contributed by atoms with E-state index in [0.717, 1.165) is 53.3 Å². The van der Waals surface area contributed by atoms with Crippen LogP contribution in [-0.2, 0) is 12.0 Å². The molecule has 1 aromatic carbocycles. The van der Waals surface area contributed by atoms with Crippen LogP contribution in [0.5, 0.6) is 11.5 Å². The first-order valence-electron chi connectivity index (χ1n) is 7.86. The van der Waals surface area contributed by atoms with Gasteiger partial charge < -0.3 is 9.47 Å². The molecular formula is C17H19ClINO2. The van der Waals surface area contributed by atoms with Gasteiger partial charge in [-0.2, -0.15) is 0 Å². The molecule has 5 heteroatoms. The summed E-state index contributed by atoms with van der Waals surface area (Å²) in [5, 5.41) is 0.989. The minimum Gasteiger partial charge on any atom is -0.454 e. The van der Waals surface area contributed by atoms with Crippen molar-refractivity contribution in [3.05, 3.63) is 34.4 Å². The van der Waals surface area contributed by atoms with Crippen molar-refractivity contribution in [3.63, 3.8) is 0 Å². The van der Waals surface area contributed by atoms with Crippen molar-refractivity contribution < 1.29 is 9.47 Å². The first-order valence-corrected chi connectivity index (χ1v) is 9.76. The van der Waals surface area contributed by atoms with Crippen LogP contribution in [0.2, 0.25) is 0 Å². The summed E-state index contributed by atoms with van der Waals surface area (Å²) >= 11 is 9.26. The Morgan fingerprint density at radius 1 is 1.27 bits per heavy atom. The molecule has 118 valence electrons. The van der Waals surface area contributed by atoms with E-state index in [1.54, 1.807) is 0 Å².